The third-order valence-electron chi connectivity index (χ3n) is 2.44. The van der Waals surface area contributed by atoms with Crippen molar-refractivity contribution in [3.05, 3.63) is 41.6 Å². The molecule has 0 bridgehead atoms. The second-order valence-electron chi connectivity index (χ2n) is 3.61. The summed E-state index contributed by atoms with van der Waals surface area (Å²) in [5.41, 5.74) is 1.72. The minimum absolute atomic E-state index is 0.209. The summed E-state index contributed by atoms with van der Waals surface area (Å²) in [6, 6.07) is 6.92. The van der Waals surface area contributed by atoms with Gasteiger partial charge in [-0.1, -0.05) is 17.2 Å². The first-order valence-electron chi connectivity index (χ1n) is 5.23. The van der Waals surface area contributed by atoms with Gasteiger partial charge >= 0.3 is 0 Å². The van der Waals surface area contributed by atoms with Crippen molar-refractivity contribution >= 4 is 0 Å². The number of rotatable bonds is 4. The monoisotopic (exact) mass is 245 g/mol. The Labute approximate surface area is 104 Å². The van der Waals surface area contributed by atoms with Crippen molar-refractivity contribution in [1.82, 2.24) is 9.94 Å². The highest BCUT2D eigenvalue weighted by molar-refractivity contribution is 5.40. The van der Waals surface area contributed by atoms with Gasteiger partial charge in [-0.3, -0.25) is 0 Å². The molecule has 0 aliphatic carbocycles. The zero-order chi connectivity index (χ0) is 13.0. The minimum Gasteiger partial charge on any atom is -0.471 e. The molecule has 0 saturated heterocycles. The van der Waals surface area contributed by atoms with E-state index in [2.05, 4.69) is 5.10 Å². The van der Waals surface area contributed by atoms with Crippen LogP contribution in [0, 0.1) is 18.4 Å². The molecule has 0 aliphatic rings. The molecule has 1 aromatic carbocycles. The summed E-state index contributed by atoms with van der Waals surface area (Å²) in [6.45, 7) is 2.11. The van der Waals surface area contributed by atoms with Crippen molar-refractivity contribution in [3.63, 3.8) is 0 Å². The average molecular weight is 245 g/mol. The number of benzene rings is 1. The van der Waals surface area contributed by atoms with Gasteiger partial charge in [0.15, 0.2) is 0 Å². The molecule has 1 N–H and O–H groups in total. The lowest BCUT2D eigenvalue weighted by Crippen LogP contribution is -2.02. The molecule has 0 atom stereocenters. The summed E-state index contributed by atoms with van der Waals surface area (Å²) in [4.78, 5) is 0.667. The molecular formula is C12H11N3O3. The lowest BCUT2D eigenvalue weighted by atomic mass is 10.1. The fraction of sp³-hybridized carbons (Fsp3) is 0.167. The van der Waals surface area contributed by atoms with Crippen molar-refractivity contribution in [1.29, 1.82) is 5.26 Å². The summed E-state index contributed by atoms with van der Waals surface area (Å²) in [5, 5.41) is 21.2. The standard InChI is InChI=1S/C12H11N3O3/c1-9-3-2-4-11(18-8-13)10(9)7-17-12-5-6-15(16)14-12/h2-6,16H,7H2,1H3. The first-order valence-corrected chi connectivity index (χ1v) is 5.23. The maximum absolute atomic E-state index is 9.00. The van der Waals surface area contributed by atoms with Crippen LogP contribution < -0.4 is 9.47 Å². The van der Waals surface area contributed by atoms with Crippen LogP contribution in [0.1, 0.15) is 11.1 Å². The summed E-state index contributed by atoms with van der Waals surface area (Å²) in [7, 11) is 0. The van der Waals surface area contributed by atoms with Crippen LogP contribution in [0.15, 0.2) is 30.5 Å². The van der Waals surface area contributed by atoms with Gasteiger partial charge in [-0.15, -0.1) is 10.1 Å². The largest absolute Gasteiger partial charge is 0.471 e. The Hall–Kier alpha value is -2.68. The SMILES string of the molecule is Cc1cccc(OC#N)c1COc1ccn(O)n1. The number of nitrogens with zero attached hydrogens (tertiary/aromatic N) is 3. The number of ether oxygens (including phenoxy) is 2. The molecular weight excluding hydrogens is 234 g/mol. The highest BCUT2D eigenvalue weighted by Crippen LogP contribution is 2.23. The third kappa shape index (κ3) is 2.52. The fourth-order valence-corrected chi connectivity index (χ4v) is 1.53. The van der Waals surface area contributed by atoms with Gasteiger partial charge in [0.1, 0.15) is 12.4 Å². The molecule has 0 unspecified atom stereocenters. The minimum atomic E-state index is 0.209. The molecule has 0 saturated carbocycles. The quantitative estimate of drug-likeness (QED) is 0.657. The van der Waals surface area contributed by atoms with E-state index in [1.807, 2.05) is 13.0 Å². The Morgan fingerprint density at radius 3 is 2.94 bits per heavy atom. The molecule has 0 aliphatic heterocycles. The van der Waals surface area contributed by atoms with Gasteiger partial charge in [0.2, 0.25) is 5.88 Å². The highest BCUT2D eigenvalue weighted by atomic mass is 16.5. The van der Waals surface area contributed by atoms with Crippen LogP contribution in [-0.2, 0) is 6.61 Å². The van der Waals surface area contributed by atoms with Crippen LogP contribution >= 0.6 is 0 Å². The van der Waals surface area contributed by atoms with Gasteiger partial charge in [0.05, 0.1) is 6.20 Å². The molecule has 6 heteroatoms. The van der Waals surface area contributed by atoms with Crippen molar-refractivity contribution < 1.29 is 14.7 Å². The number of hydrogen-bond donors (Lipinski definition) is 1. The zero-order valence-electron chi connectivity index (χ0n) is 9.70. The average Bonchev–Trinajstić information content (AvgIpc) is 2.75. The maximum atomic E-state index is 9.00. The molecule has 0 spiro atoms. The molecule has 0 fully saturated rings. The van der Waals surface area contributed by atoms with Crippen LogP contribution in [0.5, 0.6) is 11.6 Å². The number of hydrogen-bond acceptors (Lipinski definition) is 5. The molecule has 6 nitrogen and oxygen atoms in total. The van der Waals surface area contributed by atoms with E-state index in [1.54, 1.807) is 18.4 Å². The maximum Gasteiger partial charge on any atom is 0.292 e. The Morgan fingerprint density at radius 2 is 2.28 bits per heavy atom. The van der Waals surface area contributed by atoms with E-state index < -0.39 is 0 Å². The van der Waals surface area contributed by atoms with Crippen LogP contribution in [0.25, 0.3) is 0 Å². The van der Waals surface area contributed by atoms with Crippen molar-refractivity contribution in [2.24, 2.45) is 0 Å². The van der Waals surface area contributed by atoms with Crippen LogP contribution in [0.3, 0.4) is 0 Å². The van der Waals surface area contributed by atoms with Crippen molar-refractivity contribution in [3.8, 4) is 17.9 Å². The third-order valence-corrected chi connectivity index (χ3v) is 2.44. The lowest BCUT2D eigenvalue weighted by molar-refractivity contribution is 0.141. The smallest absolute Gasteiger partial charge is 0.292 e. The van der Waals surface area contributed by atoms with Crippen LogP contribution in [0.2, 0.25) is 0 Å². The van der Waals surface area contributed by atoms with E-state index in [0.717, 1.165) is 11.1 Å². The van der Waals surface area contributed by atoms with Gasteiger partial charge in [-0.05, 0) is 18.6 Å². The summed E-state index contributed by atoms with van der Waals surface area (Å²) >= 11 is 0. The van der Waals surface area contributed by atoms with E-state index in [-0.39, 0.29) is 6.61 Å². The van der Waals surface area contributed by atoms with Crippen molar-refractivity contribution in [2.45, 2.75) is 13.5 Å². The van der Waals surface area contributed by atoms with Gasteiger partial charge in [0.25, 0.3) is 6.26 Å². The van der Waals surface area contributed by atoms with Gasteiger partial charge in [-0.2, -0.15) is 0 Å². The molecule has 2 aromatic rings. The highest BCUT2D eigenvalue weighted by Gasteiger charge is 2.09. The molecule has 18 heavy (non-hydrogen) atoms. The number of nitriles is 1. The summed E-state index contributed by atoms with van der Waals surface area (Å²) < 4.78 is 10.3. The predicted molar refractivity (Wildman–Crippen MR) is 61.2 cm³/mol. The molecule has 1 heterocycles. The van der Waals surface area contributed by atoms with E-state index >= 15 is 0 Å². The zero-order valence-corrected chi connectivity index (χ0v) is 9.70. The normalized spacial score (nSPS) is 9.78. The van der Waals surface area contributed by atoms with Crippen LogP contribution in [0.4, 0.5) is 0 Å². The summed E-state index contributed by atoms with van der Waals surface area (Å²) in [5.74, 6) is 0.754. The van der Waals surface area contributed by atoms with E-state index in [0.29, 0.717) is 16.5 Å². The van der Waals surface area contributed by atoms with E-state index in [9.17, 15) is 0 Å². The fourth-order valence-electron chi connectivity index (χ4n) is 1.53. The Bertz CT molecular complexity index is 586. The topological polar surface area (TPSA) is 80.3 Å². The summed E-state index contributed by atoms with van der Waals surface area (Å²) in [6.07, 6.45) is 3.00. The second kappa shape index (κ2) is 5.10. The molecule has 1 aromatic heterocycles. The number of aromatic nitrogens is 2. The second-order valence-corrected chi connectivity index (χ2v) is 3.61. The first-order chi connectivity index (χ1) is 8.70. The Balaban J connectivity index is 2.15. The Kier molecular flexibility index (Phi) is 3.34. The van der Waals surface area contributed by atoms with Crippen LogP contribution in [-0.4, -0.2) is 15.2 Å². The van der Waals surface area contributed by atoms with Gasteiger partial charge in [-0.25, -0.2) is 0 Å². The molecule has 0 radical (unpaired) electrons. The lowest BCUT2D eigenvalue weighted by Gasteiger charge is -2.09. The number of aryl methyl sites for hydroxylation is 1. The predicted octanol–water partition coefficient (Wildman–Crippen LogP) is 1.87. The molecule has 0 amide bonds. The van der Waals surface area contributed by atoms with E-state index in [1.165, 1.54) is 12.3 Å². The van der Waals surface area contributed by atoms with Gasteiger partial charge < -0.3 is 14.7 Å². The molecule has 92 valence electrons. The van der Waals surface area contributed by atoms with Gasteiger partial charge in [0, 0.05) is 11.6 Å². The molecule has 2 rings (SSSR count). The Morgan fingerprint density at radius 1 is 1.44 bits per heavy atom. The first kappa shape index (κ1) is 11.8. The van der Waals surface area contributed by atoms with Crippen molar-refractivity contribution in [2.75, 3.05) is 0 Å². The van der Waals surface area contributed by atoms with E-state index in [4.69, 9.17) is 19.9 Å².